The fourth-order valence-corrected chi connectivity index (χ4v) is 2.91. The summed E-state index contributed by atoms with van der Waals surface area (Å²) in [5.74, 6) is 0. The van der Waals surface area contributed by atoms with E-state index in [-0.39, 0.29) is 0 Å². The molecule has 4 heteroatoms. The van der Waals surface area contributed by atoms with Crippen LogP contribution in [0.25, 0.3) is 10.3 Å². The first-order valence-electron chi connectivity index (χ1n) is 5.84. The van der Waals surface area contributed by atoms with Gasteiger partial charge in [-0.25, -0.2) is 9.97 Å². The molecule has 18 heavy (non-hydrogen) atoms. The average molecular weight is 255 g/mol. The highest BCUT2D eigenvalue weighted by Crippen LogP contribution is 2.22. The van der Waals surface area contributed by atoms with E-state index in [1.807, 2.05) is 24.3 Å². The molecule has 0 aliphatic rings. The Balaban J connectivity index is 1.96. The number of aromatic nitrogens is 2. The van der Waals surface area contributed by atoms with Crippen molar-refractivity contribution in [2.24, 2.45) is 5.73 Å². The highest BCUT2D eigenvalue weighted by molar-refractivity contribution is 7.18. The van der Waals surface area contributed by atoms with Crippen LogP contribution in [0.4, 0.5) is 0 Å². The third-order valence-electron chi connectivity index (χ3n) is 2.89. The largest absolute Gasteiger partial charge is 0.326 e. The number of pyridine rings is 1. The van der Waals surface area contributed by atoms with Crippen molar-refractivity contribution in [2.75, 3.05) is 0 Å². The molecule has 2 N–H and O–H groups in total. The van der Waals surface area contributed by atoms with Crippen LogP contribution in [-0.2, 0) is 13.0 Å². The molecular weight excluding hydrogens is 242 g/mol. The summed E-state index contributed by atoms with van der Waals surface area (Å²) in [6, 6.07) is 12.2. The SMILES string of the molecule is NCc1ccccc1Cc1nc2cccnc2s1. The maximum absolute atomic E-state index is 5.75. The second kappa shape index (κ2) is 4.84. The highest BCUT2D eigenvalue weighted by atomic mass is 32.1. The quantitative estimate of drug-likeness (QED) is 0.783. The van der Waals surface area contributed by atoms with Gasteiger partial charge in [0.1, 0.15) is 10.3 Å². The van der Waals surface area contributed by atoms with Gasteiger partial charge in [-0.05, 0) is 23.3 Å². The van der Waals surface area contributed by atoms with Gasteiger partial charge in [0, 0.05) is 19.2 Å². The molecule has 0 aliphatic carbocycles. The van der Waals surface area contributed by atoms with Crippen molar-refractivity contribution in [3.05, 3.63) is 58.7 Å². The fourth-order valence-electron chi connectivity index (χ4n) is 1.98. The van der Waals surface area contributed by atoms with Gasteiger partial charge < -0.3 is 5.73 Å². The minimum atomic E-state index is 0.569. The van der Waals surface area contributed by atoms with Gasteiger partial charge in [-0.15, -0.1) is 0 Å². The van der Waals surface area contributed by atoms with E-state index in [9.17, 15) is 0 Å². The van der Waals surface area contributed by atoms with E-state index in [1.165, 1.54) is 11.1 Å². The van der Waals surface area contributed by atoms with Crippen LogP contribution in [0.2, 0.25) is 0 Å². The van der Waals surface area contributed by atoms with Crippen LogP contribution >= 0.6 is 11.3 Å². The third-order valence-corrected chi connectivity index (χ3v) is 3.87. The summed E-state index contributed by atoms with van der Waals surface area (Å²) in [5.41, 5.74) is 9.16. The number of nitrogens with zero attached hydrogens (tertiary/aromatic N) is 2. The minimum absolute atomic E-state index is 0.569. The Bertz CT molecular complexity index is 642. The lowest BCUT2D eigenvalue weighted by Crippen LogP contribution is -2.01. The molecule has 0 fully saturated rings. The van der Waals surface area contributed by atoms with E-state index in [0.717, 1.165) is 21.8 Å². The predicted octanol–water partition coefficient (Wildman–Crippen LogP) is 2.74. The summed E-state index contributed by atoms with van der Waals surface area (Å²) in [6.45, 7) is 0.569. The molecule has 3 nitrogen and oxygen atoms in total. The van der Waals surface area contributed by atoms with Gasteiger partial charge >= 0.3 is 0 Å². The first-order chi connectivity index (χ1) is 8.86. The topological polar surface area (TPSA) is 51.8 Å². The van der Waals surface area contributed by atoms with Crippen LogP contribution in [-0.4, -0.2) is 9.97 Å². The first kappa shape index (κ1) is 11.3. The van der Waals surface area contributed by atoms with Crippen LogP contribution < -0.4 is 5.73 Å². The van der Waals surface area contributed by atoms with E-state index < -0.39 is 0 Å². The smallest absolute Gasteiger partial charge is 0.143 e. The van der Waals surface area contributed by atoms with Crippen molar-refractivity contribution in [3.63, 3.8) is 0 Å². The Morgan fingerprint density at radius 2 is 1.89 bits per heavy atom. The number of benzene rings is 1. The molecule has 0 bridgehead atoms. The Morgan fingerprint density at radius 1 is 1.06 bits per heavy atom. The van der Waals surface area contributed by atoms with E-state index in [1.54, 1.807) is 17.5 Å². The summed E-state index contributed by atoms with van der Waals surface area (Å²) >= 11 is 1.65. The molecular formula is C14H13N3S. The van der Waals surface area contributed by atoms with E-state index in [4.69, 9.17) is 5.73 Å². The lowest BCUT2D eigenvalue weighted by Gasteiger charge is -2.04. The van der Waals surface area contributed by atoms with Crippen molar-refractivity contribution >= 4 is 21.7 Å². The average Bonchev–Trinajstić information content (AvgIpc) is 2.81. The zero-order valence-corrected chi connectivity index (χ0v) is 10.7. The van der Waals surface area contributed by atoms with Gasteiger partial charge in [-0.2, -0.15) is 0 Å². The monoisotopic (exact) mass is 255 g/mol. The van der Waals surface area contributed by atoms with E-state index in [2.05, 4.69) is 22.1 Å². The van der Waals surface area contributed by atoms with Crippen LogP contribution in [0.5, 0.6) is 0 Å². The second-order valence-electron chi connectivity index (χ2n) is 4.08. The number of thiazole rings is 1. The summed E-state index contributed by atoms with van der Waals surface area (Å²) in [7, 11) is 0. The zero-order chi connectivity index (χ0) is 12.4. The lowest BCUT2D eigenvalue weighted by atomic mass is 10.1. The van der Waals surface area contributed by atoms with E-state index in [0.29, 0.717) is 6.54 Å². The van der Waals surface area contributed by atoms with Crippen molar-refractivity contribution < 1.29 is 0 Å². The first-order valence-corrected chi connectivity index (χ1v) is 6.66. The van der Waals surface area contributed by atoms with Crippen molar-refractivity contribution in [1.29, 1.82) is 0 Å². The molecule has 3 aromatic rings. The molecule has 0 aliphatic heterocycles. The molecule has 2 aromatic heterocycles. The van der Waals surface area contributed by atoms with Gasteiger partial charge in [-0.3, -0.25) is 0 Å². The van der Waals surface area contributed by atoms with Crippen LogP contribution in [0.15, 0.2) is 42.6 Å². The molecule has 0 saturated carbocycles. The van der Waals surface area contributed by atoms with Crippen molar-refractivity contribution in [2.45, 2.75) is 13.0 Å². The van der Waals surface area contributed by atoms with Gasteiger partial charge in [-0.1, -0.05) is 35.6 Å². The maximum atomic E-state index is 5.75. The Labute approximate surface area is 109 Å². The molecule has 0 radical (unpaired) electrons. The standard InChI is InChI=1S/C14H13N3S/c15-9-11-5-2-1-4-10(11)8-13-17-12-6-3-7-16-14(12)18-13/h1-7H,8-9,15H2. The number of nitrogens with two attached hydrogens (primary N) is 1. The number of rotatable bonds is 3. The van der Waals surface area contributed by atoms with Gasteiger partial charge in [0.15, 0.2) is 0 Å². The summed E-state index contributed by atoms with van der Waals surface area (Å²) < 4.78 is 0. The Hall–Kier alpha value is -1.78. The normalized spacial score (nSPS) is 10.9. The van der Waals surface area contributed by atoms with Crippen LogP contribution in [0.3, 0.4) is 0 Å². The fraction of sp³-hybridized carbons (Fsp3) is 0.143. The molecule has 2 heterocycles. The Morgan fingerprint density at radius 3 is 2.67 bits per heavy atom. The maximum Gasteiger partial charge on any atom is 0.143 e. The molecule has 3 rings (SSSR count). The van der Waals surface area contributed by atoms with Crippen LogP contribution in [0.1, 0.15) is 16.1 Å². The molecule has 0 amide bonds. The summed E-state index contributed by atoms with van der Waals surface area (Å²) in [6.07, 6.45) is 2.63. The van der Waals surface area contributed by atoms with Crippen molar-refractivity contribution in [1.82, 2.24) is 9.97 Å². The Kier molecular flexibility index (Phi) is 3.04. The second-order valence-corrected chi connectivity index (χ2v) is 5.15. The minimum Gasteiger partial charge on any atom is -0.326 e. The number of hydrogen-bond acceptors (Lipinski definition) is 4. The highest BCUT2D eigenvalue weighted by Gasteiger charge is 2.07. The lowest BCUT2D eigenvalue weighted by molar-refractivity contribution is 1.01. The third kappa shape index (κ3) is 2.12. The molecule has 90 valence electrons. The van der Waals surface area contributed by atoms with Gasteiger partial charge in [0.25, 0.3) is 0 Å². The van der Waals surface area contributed by atoms with Crippen molar-refractivity contribution in [3.8, 4) is 0 Å². The number of fused-ring (bicyclic) bond motifs is 1. The summed E-state index contributed by atoms with van der Waals surface area (Å²) in [4.78, 5) is 9.91. The number of hydrogen-bond donors (Lipinski definition) is 1. The van der Waals surface area contributed by atoms with Gasteiger partial charge in [0.2, 0.25) is 0 Å². The zero-order valence-electron chi connectivity index (χ0n) is 9.84. The summed E-state index contributed by atoms with van der Waals surface area (Å²) in [5, 5.41) is 1.09. The molecule has 0 unspecified atom stereocenters. The molecule has 0 saturated heterocycles. The molecule has 1 aromatic carbocycles. The van der Waals surface area contributed by atoms with Crippen LogP contribution in [0, 0.1) is 0 Å². The molecule has 0 atom stereocenters. The van der Waals surface area contributed by atoms with Gasteiger partial charge in [0.05, 0.1) is 5.01 Å². The molecule has 0 spiro atoms. The van der Waals surface area contributed by atoms with E-state index >= 15 is 0 Å². The predicted molar refractivity (Wildman–Crippen MR) is 74.6 cm³/mol.